The lowest BCUT2D eigenvalue weighted by Gasteiger charge is -2.21. The molecule has 1 heterocycles. The lowest BCUT2D eigenvalue weighted by molar-refractivity contribution is -0.120. The van der Waals surface area contributed by atoms with Gasteiger partial charge < -0.3 is 14.4 Å². The van der Waals surface area contributed by atoms with E-state index in [0.29, 0.717) is 27.5 Å². The number of rotatable bonds is 9. The van der Waals surface area contributed by atoms with Crippen LogP contribution in [0.4, 0.5) is 5.13 Å². The first-order valence-corrected chi connectivity index (χ1v) is 10.9. The minimum Gasteiger partial charge on any atom is -0.497 e. The third-order valence-corrected chi connectivity index (χ3v) is 5.92. The van der Waals surface area contributed by atoms with Gasteiger partial charge in [-0.2, -0.15) is 0 Å². The van der Waals surface area contributed by atoms with Crippen LogP contribution >= 0.6 is 34.5 Å². The van der Waals surface area contributed by atoms with Crippen LogP contribution < -0.4 is 14.4 Å². The number of hydrogen-bond donors (Lipinski definition) is 0. The fourth-order valence-electron chi connectivity index (χ4n) is 2.82. The van der Waals surface area contributed by atoms with E-state index in [9.17, 15) is 4.79 Å². The maximum Gasteiger partial charge on any atom is 0.266 e. The van der Waals surface area contributed by atoms with Gasteiger partial charge in [0.1, 0.15) is 11.5 Å². The van der Waals surface area contributed by atoms with Crippen LogP contribution in [0.3, 0.4) is 0 Å². The standard InChI is InChI=1S/C21H23Cl2N3O3S/c1-25(2)9-4-10-26(20(27)13-29-18-8-5-14(22)11-16(18)23)21-24-17-7-6-15(28-3)12-19(17)30-21/h5-8,11-12H,4,9-10,13H2,1-3H3. The van der Waals surface area contributed by atoms with E-state index in [0.717, 1.165) is 28.9 Å². The summed E-state index contributed by atoms with van der Waals surface area (Å²) in [5.74, 6) is 0.978. The lowest BCUT2D eigenvalue weighted by atomic mass is 10.3. The highest BCUT2D eigenvalue weighted by Crippen LogP contribution is 2.32. The smallest absolute Gasteiger partial charge is 0.266 e. The predicted molar refractivity (Wildman–Crippen MR) is 124 cm³/mol. The number of methoxy groups -OCH3 is 1. The van der Waals surface area contributed by atoms with Crippen LogP contribution in [0.15, 0.2) is 36.4 Å². The molecule has 3 rings (SSSR count). The molecule has 0 aliphatic heterocycles. The molecule has 1 amide bonds. The molecule has 0 spiro atoms. The summed E-state index contributed by atoms with van der Waals surface area (Å²) in [5.41, 5.74) is 0.822. The minimum absolute atomic E-state index is 0.150. The van der Waals surface area contributed by atoms with Gasteiger partial charge in [-0.05, 0) is 63.5 Å². The molecule has 9 heteroatoms. The molecule has 0 aliphatic carbocycles. The summed E-state index contributed by atoms with van der Waals surface area (Å²) in [6, 6.07) is 10.6. The van der Waals surface area contributed by atoms with Gasteiger partial charge in [0, 0.05) is 11.6 Å². The Balaban J connectivity index is 1.79. The van der Waals surface area contributed by atoms with E-state index in [1.807, 2.05) is 32.3 Å². The Morgan fingerprint density at radius 1 is 1.13 bits per heavy atom. The van der Waals surface area contributed by atoms with Crippen LogP contribution in [0.1, 0.15) is 6.42 Å². The third-order valence-electron chi connectivity index (χ3n) is 4.35. The molecule has 2 aromatic carbocycles. The molecule has 30 heavy (non-hydrogen) atoms. The van der Waals surface area contributed by atoms with Gasteiger partial charge in [-0.25, -0.2) is 4.98 Å². The lowest BCUT2D eigenvalue weighted by Crippen LogP contribution is -2.36. The SMILES string of the molecule is COc1ccc2nc(N(CCCN(C)C)C(=O)COc3ccc(Cl)cc3Cl)sc2c1. The zero-order valence-electron chi connectivity index (χ0n) is 17.0. The first-order valence-electron chi connectivity index (χ1n) is 9.35. The van der Waals surface area contributed by atoms with E-state index in [1.54, 1.807) is 30.2 Å². The highest BCUT2D eigenvalue weighted by molar-refractivity contribution is 7.22. The average molecular weight is 468 g/mol. The minimum atomic E-state index is -0.189. The highest BCUT2D eigenvalue weighted by atomic mass is 35.5. The van der Waals surface area contributed by atoms with Gasteiger partial charge in [0.25, 0.3) is 5.91 Å². The maximum atomic E-state index is 13.0. The molecule has 1 aromatic heterocycles. The second-order valence-electron chi connectivity index (χ2n) is 6.90. The summed E-state index contributed by atoms with van der Waals surface area (Å²) >= 11 is 13.5. The van der Waals surface area contributed by atoms with Crippen molar-refractivity contribution in [2.75, 3.05) is 45.8 Å². The molecule has 0 unspecified atom stereocenters. The molecule has 0 radical (unpaired) electrons. The zero-order chi connectivity index (χ0) is 21.7. The van der Waals surface area contributed by atoms with E-state index in [-0.39, 0.29) is 12.5 Å². The van der Waals surface area contributed by atoms with Crippen molar-refractivity contribution in [2.24, 2.45) is 0 Å². The van der Waals surface area contributed by atoms with Crippen molar-refractivity contribution in [1.82, 2.24) is 9.88 Å². The summed E-state index contributed by atoms with van der Waals surface area (Å²) in [5, 5.41) is 1.50. The zero-order valence-corrected chi connectivity index (χ0v) is 19.4. The number of fused-ring (bicyclic) bond motifs is 1. The molecule has 0 saturated carbocycles. The second-order valence-corrected chi connectivity index (χ2v) is 8.75. The number of nitrogens with zero attached hydrogens (tertiary/aromatic N) is 3. The Bertz CT molecular complexity index is 1030. The molecule has 0 saturated heterocycles. The van der Waals surface area contributed by atoms with Crippen molar-refractivity contribution in [1.29, 1.82) is 0 Å². The van der Waals surface area contributed by atoms with Gasteiger partial charge in [-0.1, -0.05) is 34.5 Å². The van der Waals surface area contributed by atoms with Gasteiger partial charge in [0.05, 0.1) is 22.3 Å². The maximum absolute atomic E-state index is 13.0. The van der Waals surface area contributed by atoms with Crippen LogP contribution in [-0.4, -0.2) is 56.7 Å². The molecular weight excluding hydrogens is 445 g/mol. The Labute approximate surface area is 189 Å². The molecule has 0 aliphatic rings. The average Bonchev–Trinajstić information content (AvgIpc) is 3.12. The number of carbonyl (C=O) groups excluding carboxylic acids is 1. The van der Waals surface area contributed by atoms with Gasteiger partial charge in [0.15, 0.2) is 11.7 Å². The van der Waals surface area contributed by atoms with Crippen LogP contribution in [0.2, 0.25) is 10.0 Å². The van der Waals surface area contributed by atoms with Crippen LogP contribution in [0, 0.1) is 0 Å². The van der Waals surface area contributed by atoms with Gasteiger partial charge in [-0.3, -0.25) is 9.69 Å². The van der Waals surface area contributed by atoms with E-state index >= 15 is 0 Å². The number of hydrogen-bond acceptors (Lipinski definition) is 6. The fourth-order valence-corrected chi connectivity index (χ4v) is 4.32. The number of ether oxygens (including phenoxy) is 2. The van der Waals surface area contributed by atoms with Gasteiger partial charge >= 0.3 is 0 Å². The molecule has 0 fully saturated rings. The Kier molecular flexibility index (Phi) is 7.77. The molecular formula is C21H23Cl2N3O3S. The van der Waals surface area contributed by atoms with Gasteiger partial charge in [-0.15, -0.1) is 0 Å². The highest BCUT2D eigenvalue weighted by Gasteiger charge is 2.21. The summed E-state index contributed by atoms with van der Waals surface area (Å²) in [6.45, 7) is 1.24. The number of benzene rings is 2. The van der Waals surface area contributed by atoms with Crippen molar-refractivity contribution in [3.63, 3.8) is 0 Å². The first kappa shape index (κ1) is 22.6. The number of anilines is 1. The van der Waals surface area contributed by atoms with Crippen molar-refractivity contribution < 1.29 is 14.3 Å². The first-order chi connectivity index (χ1) is 14.4. The Hall–Kier alpha value is -2.06. The van der Waals surface area contributed by atoms with Crippen LogP contribution in [0.25, 0.3) is 10.2 Å². The molecule has 3 aromatic rings. The van der Waals surface area contributed by atoms with Gasteiger partial charge in [0.2, 0.25) is 0 Å². The summed E-state index contributed by atoms with van der Waals surface area (Å²) < 4.78 is 11.9. The molecule has 0 N–H and O–H groups in total. The van der Waals surface area contributed by atoms with Crippen molar-refractivity contribution in [3.05, 3.63) is 46.4 Å². The summed E-state index contributed by atoms with van der Waals surface area (Å²) in [6.07, 6.45) is 0.805. The third kappa shape index (κ3) is 5.76. The molecule has 0 atom stereocenters. The molecule has 0 bridgehead atoms. The van der Waals surface area contributed by atoms with E-state index in [2.05, 4.69) is 9.88 Å². The topological polar surface area (TPSA) is 54.9 Å². The Morgan fingerprint density at radius 3 is 2.63 bits per heavy atom. The Morgan fingerprint density at radius 2 is 1.93 bits per heavy atom. The van der Waals surface area contributed by atoms with E-state index < -0.39 is 0 Å². The second kappa shape index (κ2) is 10.3. The number of halogens is 2. The molecule has 6 nitrogen and oxygen atoms in total. The fraction of sp³-hybridized carbons (Fsp3) is 0.333. The number of carbonyl (C=O) groups is 1. The number of aromatic nitrogens is 1. The quantitative estimate of drug-likeness (QED) is 0.444. The summed E-state index contributed by atoms with van der Waals surface area (Å²) in [7, 11) is 5.63. The largest absolute Gasteiger partial charge is 0.497 e. The van der Waals surface area contributed by atoms with Crippen LogP contribution in [-0.2, 0) is 4.79 Å². The van der Waals surface area contributed by atoms with Crippen molar-refractivity contribution in [3.8, 4) is 11.5 Å². The number of amides is 1. The normalized spacial score (nSPS) is 11.1. The van der Waals surface area contributed by atoms with Crippen molar-refractivity contribution >= 4 is 55.8 Å². The van der Waals surface area contributed by atoms with Crippen LogP contribution in [0.5, 0.6) is 11.5 Å². The molecule has 160 valence electrons. The number of thiazole rings is 1. The predicted octanol–water partition coefficient (Wildman–Crippen LogP) is 4.98. The monoisotopic (exact) mass is 467 g/mol. The summed E-state index contributed by atoms with van der Waals surface area (Å²) in [4.78, 5) is 21.4. The van der Waals surface area contributed by atoms with E-state index in [4.69, 9.17) is 32.7 Å². The van der Waals surface area contributed by atoms with E-state index in [1.165, 1.54) is 11.3 Å². The van der Waals surface area contributed by atoms with Crippen molar-refractivity contribution in [2.45, 2.75) is 6.42 Å².